The fraction of sp³-hybridized carbons (Fsp3) is 0.174. The van der Waals surface area contributed by atoms with E-state index in [1.807, 2.05) is 34.9 Å². The number of sulfone groups is 1. The van der Waals surface area contributed by atoms with Crippen molar-refractivity contribution in [1.82, 2.24) is 24.7 Å². The van der Waals surface area contributed by atoms with E-state index >= 15 is 0 Å². The van der Waals surface area contributed by atoms with Crippen LogP contribution in [0.4, 0.5) is 0 Å². The van der Waals surface area contributed by atoms with E-state index in [-0.39, 0.29) is 4.90 Å². The van der Waals surface area contributed by atoms with Crippen molar-refractivity contribution in [2.75, 3.05) is 6.26 Å². The number of fused-ring (bicyclic) bond motifs is 1. The Bertz CT molecular complexity index is 1600. The van der Waals surface area contributed by atoms with Gasteiger partial charge in [0.15, 0.2) is 20.0 Å². The summed E-state index contributed by atoms with van der Waals surface area (Å²) in [6.45, 7) is 6.23. The van der Waals surface area contributed by atoms with Crippen LogP contribution in [0.2, 0.25) is 0 Å². The number of nitrogens with one attached hydrogen (secondary N) is 1. The monoisotopic (exact) mass is 495 g/mol. The molecule has 0 aliphatic rings. The minimum absolute atomic E-state index is 0.290. The Hall–Kier alpha value is -2.95. The van der Waals surface area contributed by atoms with E-state index in [1.54, 1.807) is 18.2 Å². The van der Waals surface area contributed by atoms with Gasteiger partial charge in [0.2, 0.25) is 5.16 Å². The van der Waals surface area contributed by atoms with Gasteiger partial charge in [0, 0.05) is 17.6 Å². The van der Waals surface area contributed by atoms with Gasteiger partial charge in [-0.15, -0.1) is 21.5 Å². The number of nitrogens with zero attached hydrogens (tertiary/aromatic N) is 4. The van der Waals surface area contributed by atoms with Gasteiger partial charge in [-0.05, 0) is 74.0 Å². The van der Waals surface area contributed by atoms with Gasteiger partial charge in [-0.25, -0.2) is 13.4 Å². The Morgan fingerprint density at radius 2 is 1.76 bits per heavy atom. The molecule has 1 N–H and O–H groups in total. The van der Waals surface area contributed by atoms with Gasteiger partial charge < -0.3 is 4.98 Å². The minimum atomic E-state index is -3.28. The summed E-state index contributed by atoms with van der Waals surface area (Å²) in [5.74, 6) is 0.734. The van der Waals surface area contributed by atoms with Crippen LogP contribution in [0, 0.1) is 20.8 Å². The molecule has 0 atom stereocenters. The zero-order chi connectivity index (χ0) is 23.3. The highest BCUT2D eigenvalue weighted by atomic mass is 32.2. The van der Waals surface area contributed by atoms with Crippen molar-refractivity contribution in [3.63, 3.8) is 0 Å². The van der Waals surface area contributed by atoms with Crippen molar-refractivity contribution < 1.29 is 8.42 Å². The van der Waals surface area contributed by atoms with Crippen LogP contribution in [0.1, 0.15) is 16.8 Å². The smallest absolute Gasteiger partial charge is 0.203 e. The first kappa shape index (κ1) is 21.9. The second kappa shape index (κ2) is 8.12. The molecule has 0 saturated heterocycles. The molecule has 10 heteroatoms. The number of hydrogen-bond acceptors (Lipinski definition) is 7. The van der Waals surface area contributed by atoms with E-state index in [9.17, 15) is 8.42 Å². The molecule has 33 heavy (non-hydrogen) atoms. The van der Waals surface area contributed by atoms with Crippen LogP contribution in [0.3, 0.4) is 0 Å². The van der Waals surface area contributed by atoms with Gasteiger partial charge in [0.1, 0.15) is 0 Å². The SMILES string of the molecule is Cc1[nH]c(-c2nnc(Sc3nc4ccc(S(C)(=O)=O)cc4s3)n2-c2ccccc2)c(C)c1C. The summed E-state index contributed by atoms with van der Waals surface area (Å²) < 4.78 is 27.4. The van der Waals surface area contributed by atoms with Crippen LogP contribution in [0.5, 0.6) is 0 Å². The number of aromatic amines is 1. The highest BCUT2D eigenvalue weighted by Crippen LogP contribution is 2.37. The first-order chi connectivity index (χ1) is 15.7. The average Bonchev–Trinajstić information content (AvgIpc) is 3.45. The molecular formula is C23H21N5O2S3. The van der Waals surface area contributed by atoms with E-state index in [0.717, 1.165) is 43.0 Å². The van der Waals surface area contributed by atoms with Gasteiger partial charge in [-0.1, -0.05) is 18.2 Å². The molecule has 7 nitrogen and oxygen atoms in total. The Labute approximate surface area is 199 Å². The molecule has 2 aromatic carbocycles. The first-order valence-electron chi connectivity index (χ1n) is 10.2. The molecule has 0 aliphatic heterocycles. The molecule has 0 saturated carbocycles. The summed E-state index contributed by atoms with van der Waals surface area (Å²) in [6, 6.07) is 15.0. The number of H-pyrrole nitrogens is 1. The maximum absolute atomic E-state index is 11.9. The third-order valence-electron chi connectivity index (χ3n) is 5.63. The third-order valence-corrected chi connectivity index (χ3v) is 8.77. The van der Waals surface area contributed by atoms with Crippen LogP contribution in [0.15, 0.2) is 62.9 Å². The largest absolute Gasteiger partial charge is 0.356 e. The molecule has 168 valence electrons. The minimum Gasteiger partial charge on any atom is -0.356 e. The Morgan fingerprint density at radius 3 is 2.42 bits per heavy atom. The van der Waals surface area contributed by atoms with Gasteiger partial charge in [0.25, 0.3) is 0 Å². The number of aryl methyl sites for hydroxylation is 1. The summed E-state index contributed by atoms with van der Waals surface area (Å²) >= 11 is 2.85. The van der Waals surface area contributed by atoms with E-state index in [2.05, 4.69) is 40.9 Å². The highest BCUT2D eigenvalue weighted by molar-refractivity contribution is 8.01. The number of para-hydroxylation sites is 1. The van der Waals surface area contributed by atoms with Crippen molar-refractivity contribution in [2.45, 2.75) is 35.2 Å². The van der Waals surface area contributed by atoms with Crippen LogP contribution in [0.25, 0.3) is 27.4 Å². The maximum atomic E-state index is 11.9. The predicted octanol–water partition coefficient (Wildman–Crippen LogP) is 5.35. The summed E-state index contributed by atoms with van der Waals surface area (Å²) in [6.07, 6.45) is 1.21. The van der Waals surface area contributed by atoms with E-state index in [0.29, 0.717) is 5.16 Å². The van der Waals surface area contributed by atoms with Crippen molar-refractivity contribution in [2.24, 2.45) is 0 Å². The van der Waals surface area contributed by atoms with Gasteiger partial charge >= 0.3 is 0 Å². The van der Waals surface area contributed by atoms with Crippen LogP contribution < -0.4 is 0 Å². The summed E-state index contributed by atoms with van der Waals surface area (Å²) in [7, 11) is -3.28. The number of benzene rings is 2. The van der Waals surface area contributed by atoms with Crippen molar-refractivity contribution in [3.05, 3.63) is 65.4 Å². The fourth-order valence-electron chi connectivity index (χ4n) is 3.61. The van der Waals surface area contributed by atoms with Crippen molar-refractivity contribution in [1.29, 1.82) is 0 Å². The van der Waals surface area contributed by atoms with Crippen molar-refractivity contribution >= 4 is 43.2 Å². The molecule has 0 fully saturated rings. The predicted molar refractivity (Wildman–Crippen MR) is 132 cm³/mol. The summed E-state index contributed by atoms with van der Waals surface area (Å²) in [5, 5.41) is 9.71. The maximum Gasteiger partial charge on any atom is 0.203 e. The van der Waals surface area contributed by atoms with Gasteiger partial charge in [0.05, 0.1) is 20.8 Å². The molecule has 5 aromatic rings. The third kappa shape index (κ3) is 3.98. The quantitative estimate of drug-likeness (QED) is 0.353. The Kier molecular flexibility index (Phi) is 5.38. The van der Waals surface area contributed by atoms with Gasteiger partial charge in [-0.3, -0.25) is 4.57 Å². The number of aromatic nitrogens is 5. The van der Waals surface area contributed by atoms with Crippen LogP contribution in [-0.4, -0.2) is 39.4 Å². The number of thiazole rings is 1. The molecule has 0 aliphatic carbocycles. The molecule has 0 unspecified atom stereocenters. The lowest BCUT2D eigenvalue weighted by Gasteiger charge is -2.09. The lowest BCUT2D eigenvalue weighted by atomic mass is 10.1. The lowest BCUT2D eigenvalue weighted by Crippen LogP contribution is -2.00. The summed E-state index contributed by atoms with van der Waals surface area (Å²) in [5.41, 5.74) is 6.09. The molecule has 0 bridgehead atoms. The molecule has 0 amide bonds. The number of hydrogen-bond donors (Lipinski definition) is 1. The highest BCUT2D eigenvalue weighted by Gasteiger charge is 2.22. The average molecular weight is 496 g/mol. The normalized spacial score (nSPS) is 12.0. The Morgan fingerprint density at radius 1 is 1.00 bits per heavy atom. The Balaban J connectivity index is 1.62. The second-order valence-corrected chi connectivity index (χ2v) is 12.1. The topological polar surface area (TPSA) is 93.5 Å². The fourth-order valence-corrected chi connectivity index (χ4v) is 6.39. The molecule has 5 rings (SSSR count). The number of rotatable bonds is 5. The molecular weight excluding hydrogens is 474 g/mol. The van der Waals surface area contributed by atoms with E-state index in [4.69, 9.17) is 0 Å². The zero-order valence-electron chi connectivity index (χ0n) is 18.4. The second-order valence-electron chi connectivity index (χ2n) is 7.84. The zero-order valence-corrected chi connectivity index (χ0v) is 20.9. The van der Waals surface area contributed by atoms with Crippen molar-refractivity contribution in [3.8, 4) is 17.2 Å². The molecule has 3 heterocycles. The molecule has 0 radical (unpaired) electrons. The van der Waals surface area contributed by atoms with Crippen LogP contribution in [-0.2, 0) is 9.84 Å². The van der Waals surface area contributed by atoms with Gasteiger partial charge in [-0.2, -0.15) is 0 Å². The van der Waals surface area contributed by atoms with Crippen LogP contribution >= 0.6 is 23.1 Å². The van der Waals surface area contributed by atoms with E-state index < -0.39 is 9.84 Å². The summed E-state index contributed by atoms with van der Waals surface area (Å²) in [4.78, 5) is 8.43. The lowest BCUT2D eigenvalue weighted by molar-refractivity contribution is 0.602. The molecule has 0 spiro atoms. The van der Waals surface area contributed by atoms with E-state index in [1.165, 1.54) is 34.9 Å². The first-order valence-corrected chi connectivity index (χ1v) is 13.7. The standard InChI is InChI=1S/C23H21N5O2S3/c1-13-14(2)20(24-15(13)3)21-26-27-22(28(21)16-8-6-5-7-9-16)32-23-25-18-11-10-17(33(4,29)30)12-19(18)31-23/h5-12,24H,1-4H3. The molecule has 3 aromatic heterocycles.